The van der Waals surface area contributed by atoms with Crippen LogP contribution in [0.15, 0.2) is 18.5 Å². The van der Waals surface area contributed by atoms with E-state index in [1.54, 1.807) is 18.5 Å². The summed E-state index contributed by atoms with van der Waals surface area (Å²) in [5.74, 6) is 0.749. The molecule has 1 rings (SSSR count). The van der Waals surface area contributed by atoms with Gasteiger partial charge in [0.2, 0.25) is 0 Å². The van der Waals surface area contributed by atoms with Gasteiger partial charge in [-0.25, -0.2) is 0 Å². The SMILES string of the molecule is CCCOc1cncc(C(=O)C(C)(C)C)c1. The van der Waals surface area contributed by atoms with Crippen LogP contribution in [0.2, 0.25) is 0 Å². The molecule has 0 radical (unpaired) electrons. The lowest BCUT2D eigenvalue weighted by molar-refractivity contribution is 0.0857. The van der Waals surface area contributed by atoms with Crippen molar-refractivity contribution in [2.75, 3.05) is 6.61 Å². The summed E-state index contributed by atoms with van der Waals surface area (Å²) in [6, 6.07) is 1.76. The van der Waals surface area contributed by atoms with Crippen molar-refractivity contribution in [2.24, 2.45) is 5.41 Å². The van der Waals surface area contributed by atoms with Crippen molar-refractivity contribution in [1.29, 1.82) is 0 Å². The van der Waals surface area contributed by atoms with Gasteiger partial charge >= 0.3 is 0 Å². The molecule has 0 unspecified atom stereocenters. The monoisotopic (exact) mass is 221 g/mol. The third-order valence-electron chi connectivity index (χ3n) is 2.13. The Hall–Kier alpha value is -1.38. The molecule has 0 spiro atoms. The Morgan fingerprint density at radius 1 is 1.38 bits per heavy atom. The quantitative estimate of drug-likeness (QED) is 0.733. The lowest BCUT2D eigenvalue weighted by Crippen LogP contribution is -2.20. The normalized spacial score (nSPS) is 11.2. The Balaban J connectivity index is 2.86. The summed E-state index contributed by atoms with van der Waals surface area (Å²) in [5.41, 5.74) is 0.228. The van der Waals surface area contributed by atoms with Crippen LogP contribution in [-0.2, 0) is 0 Å². The summed E-state index contributed by atoms with van der Waals surface area (Å²) in [6.45, 7) is 8.38. The van der Waals surface area contributed by atoms with Gasteiger partial charge in [-0.15, -0.1) is 0 Å². The molecule has 0 amide bonds. The first-order valence-electron chi connectivity index (χ1n) is 5.58. The molecule has 0 aromatic carbocycles. The number of hydrogen-bond donors (Lipinski definition) is 0. The number of carbonyl (C=O) groups is 1. The maximum Gasteiger partial charge on any atom is 0.169 e. The number of ether oxygens (including phenoxy) is 1. The second-order valence-corrected chi connectivity index (χ2v) is 4.84. The van der Waals surface area contributed by atoms with Crippen molar-refractivity contribution in [2.45, 2.75) is 34.1 Å². The van der Waals surface area contributed by atoms with Crippen molar-refractivity contribution in [3.8, 4) is 5.75 Å². The van der Waals surface area contributed by atoms with Crippen LogP contribution < -0.4 is 4.74 Å². The first kappa shape index (κ1) is 12.7. The molecule has 0 fully saturated rings. The van der Waals surface area contributed by atoms with Crippen LogP contribution in [0.25, 0.3) is 0 Å². The Bertz CT molecular complexity index is 366. The van der Waals surface area contributed by atoms with Gasteiger partial charge in [-0.05, 0) is 12.5 Å². The number of pyridine rings is 1. The van der Waals surface area contributed by atoms with Crippen molar-refractivity contribution < 1.29 is 9.53 Å². The average Bonchev–Trinajstić information content (AvgIpc) is 2.24. The van der Waals surface area contributed by atoms with Gasteiger partial charge in [0.15, 0.2) is 5.78 Å². The third-order valence-corrected chi connectivity index (χ3v) is 2.13. The van der Waals surface area contributed by atoms with E-state index in [0.29, 0.717) is 17.9 Å². The van der Waals surface area contributed by atoms with Crippen molar-refractivity contribution in [3.63, 3.8) is 0 Å². The van der Waals surface area contributed by atoms with Crippen LogP contribution in [0.5, 0.6) is 5.75 Å². The van der Waals surface area contributed by atoms with Gasteiger partial charge in [0, 0.05) is 17.2 Å². The molecule has 0 aliphatic carbocycles. The molecule has 0 atom stereocenters. The highest BCUT2D eigenvalue weighted by Gasteiger charge is 2.23. The zero-order valence-corrected chi connectivity index (χ0v) is 10.4. The molecule has 0 aliphatic heterocycles. The van der Waals surface area contributed by atoms with Crippen LogP contribution >= 0.6 is 0 Å². The average molecular weight is 221 g/mol. The van der Waals surface area contributed by atoms with Gasteiger partial charge in [0.05, 0.1) is 12.8 Å². The highest BCUT2D eigenvalue weighted by molar-refractivity contribution is 5.99. The summed E-state index contributed by atoms with van der Waals surface area (Å²) in [5, 5.41) is 0. The van der Waals surface area contributed by atoms with Crippen LogP contribution in [-0.4, -0.2) is 17.4 Å². The first-order chi connectivity index (χ1) is 7.45. The second kappa shape index (κ2) is 5.10. The lowest BCUT2D eigenvalue weighted by atomic mass is 9.87. The van der Waals surface area contributed by atoms with Gasteiger partial charge in [-0.2, -0.15) is 0 Å². The number of rotatable bonds is 4. The molecular weight excluding hydrogens is 202 g/mol. The zero-order valence-electron chi connectivity index (χ0n) is 10.4. The van der Waals surface area contributed by atoms with E-state index < -0.39 is 0 Å². The Morgan fingerprint density at radius 2 is 2.06 bits per heavy atom. The largest absolute Gasteiger partial charge is 0.492 e. The lowest BCUT2D eigenvalue weighted by Gasteiger charge is -2.16. The highest BCUT2D eigenvalue weighted by atomic mass is 16.5. The van der Waals surface area contributed by atoms with Crippen LogP contribution in [0, 0.1) is 5.41 Å². The fourth-order valence-electron chi connectivity index (χ4n) is 1.27. The van der Waals surface area contributed by atoms with E-state index in [4.69, 9.17) is 4.74 Å². The number of aromatic nitrogens is 1. The summed E-state index contributed by atoms with van der Waals surface area (Å²) in [7, 11) is 0. The van der Waals surface area contributed by atoms with E-state index in [-0.39, 0.29) is 11.2 Å². The van der Waals surface area contributed by atoms with E-state index in [9.17, 15) is 4.79 Å². The van der Waals surface area contributed by atoms with E-state index in [1.165, 1.54) is 0 Å². The highest BCUT2D eigenvalue weighted by Crippen LogP contribution is 2.22. The van der Waals surface area contributed by atoms with Gasteiger partial charge in [0.1, 0.15) is 5.75 Å². The second-order valence-electron chi connectivity index (χ2n) is 4.84. The van der Waals surface area contributed by atoms with Crippen LogP contribution in [0.4, 0.5) is 0 Å². The fourth-order valence-corrected chi connectivity index (χ4v) is 1.27. The number of nitrogens with zero attached hydrogens (tertiary/aromatic N) is 1. The molecule has 0 N–H and O–H groups in total. The van der Waals surface area contributed by atoms with Crippen LogP contribution in [0.1, 0.15) is 44.5 Å². The Morgan fingerprint density at radius 3 is 2.62 bits per heavy atom. The molecule has 88 valence electrons. The Kier molecular flexibility index (Phi) is 4.05. The fraction of sp³-hybridized carbons (Fsp3) is 0.538. The molecular formula is C13H19NO2. The third kappa shape index (κ3) is 3.33. The van der Waals surface area contributed by atoms with E-state index in [1.807, 2.05) is 27.7 Å². The molecule has 0 saturated heterocycles. The molecule has 1 heterocycles. The minimum atomic E-state index is -0.384. The summed E-state index contributed by atoms with van der Waals surface area (Å²) < 4.78 is 5.44. The van der Waals surface area contributed by atoms with Crippen LogP contribution in [0.3, 0.4) is 0 Å². The van der Waals surface area contributed by atoms with Gasteiger partial charge in [0.25, 0.3) is 0 Å². The standard InChI is InChI=1S/C13H19NO2/c1-5-6-16-11-7-10(8-14-9-11)12(15)13(2,3)4/h7-9H,5-6H2,1-4H3. The smallest absolute Gasteiger partial charge is 0.169 e. The van der Waals surface area contributed by atoms with E-state index in [2.05, 4.69) is 4.98 Å². The molecule has 1 aromatic rings. The van der Waals surface area contributed by atoms with E-state index in [0.717, 1.165) is 6.42 Å². The Labute approximate surface area is 96.8 Å². The van der Waals surface area contributed by atoms with E-state index >= 15 is 0 Å². The topological polar surface area (TPSA) is 39.2 Å². The number of Topliss-reactive ketones (excluding diaryl/α,β-unsaturated/α-hetero) is 1. The number of carbonyl (C=O) groups excluding carboxylic acids is 1. The summed E-state index contributed by atoms with van der Waals surface area (Å²) >= 11 is 0. The predicted molar refractivity (Wildman–Crippen MR) is 63.8 cm³/mol. The van der Waals surface area contributed by atoms with Gasteiger partial charge < -0.3 is 4.74 Å². The number of hydrogen-bond acceptors (Lipinski definition) is 3. The molecule has 3 heteroatoms. The maximum absolute atomic E-state index is 12.0. The molecule has 0 bridgehead atoms. The predicted octanol–water partition coefficient (Wildman–Crippen LogP) is 3.10. The molecule has 16 heavy (non-hydrogen) atoms. The minimum Gasteiger partial charge on any atom is -0.492 e. The van der Waals surface area contributed by atoms with Crippen molar-refractivity contribution in [3.05, 3.63) is 24.0 Å². The number of ketones is 1. The zero-order chi connectivity index (χ0) is 12.2. The van der Waals surface area contributed by atoms with Gasteiger partial charge in [-0.3, -0.25) is 9.78 Å². The first-order valence-corrected chi connectivity index (χ1v) is 5.58. The van der Waals surface area contributed by atoms with Gasteiger partial charge in [-0.1, -0.05) is 27.7 Å². The van der Waals surface area contributed by atoms with Crippen molar-refractivity contribution >= 4 is 5.78 Å². The molecule has 1 aromatic heterocycles. The molecule has 3 nitrogen and oxygen atoms in total. The maximum atomic E-state index is 12.0. The molecule has 0 saturated carbocycles. The molecule has 0 aliphatic rings. The summed E-state index contributed by atoms with van der Waals surface area (Å²) in [6.07, 6.45) is 4.17. The van der Waals surface area contributed by atoms with Crippen molar-refractivity contribution in [1.82, 2.24) is 4.98 Å². The minimum absolute atomic E-state index is 0.0851. The summed E-state index contributed by atoms with van der Waals surface area (Å²) in [4.78, 5) is 16.0.